The maximum Gasteiger partial charge on any atom is 0.325 e. The summed E-state index contributed by atoms with van der Waals surface area (Å²) >= 11 is 0. The Morgan fingerprint density at radius 1 is 1.15 bits per heavy atom. The number of nitrogens with one attached hydrogen (secondary N) is 1. The maximum absolute atomic E-state index is 11.9. The quantitative estimate of drug-likeness (QED) is 0.642. The van der Waals surface area contributed by atoms with Crippen molar-refractivity contribution < 1.29 is 19.4 Å². The molecule has 0 saturated carbocycles. The van der Waals surface area contributed by atoms with E-state index in [1.54, 1.807) is 0 Å². The molecular weight excluding hydrogens is 344 g/mol. The fourth-order valence-electron chi connectivity index (χ4n) is 2.80. The van der Waals surface area contributed by atoms with Crippen molar-refractivity contribution in [1.29, 1.82) is 0 Å². The summed E-state index contributed by atoms with van der Waals surface area (Å²) in [4.78, 5) is 22.6. The number of aliphatic carboxylic acids is 1. The van der Waals surface area contributed by atoms with Gasteiger partial charge in [0.25, 0.3) is 0 Å². The minimum Gasteiger partial charge on any atom is -0.489 e. The van der Waals surface area contributed by atoms with Gasteiger partial charge in [0, 0.05) is 30.1 Å². The number of hydrogen-bond donors (Lipinski definition) is 2. The van der Waals surface area contributed by atoms with E-state index in [9.17, 15) is 9.59 Å². The number of nitrogens with zero attached hydrogens (tertiary/aromatic N) is 1. The third-order valence-electron chi connectivity index (χ3n) is 4.32. The van der Waals surface area contributed by atoms with Crippen molar-refractivity contribution in [1.82, 2.24) is 9.88 Å². The second-order valence-electron chi connectivity index (χ2n) is 6.38. The molecule has 0 aliphatic heterocycles. The summed E-state index contributed by atoms with van der Waals surface area (Å²) in [5.74, 6) is -0.538. The highest BCUT2D eigenvalue weighted by atomic mass is 16.5. The predicted molar refractivity (Wildman–Crippen MR) is 103 cm³/mol. The first-order chi connectivity index (χ1) is 13.0. The first-order valence-corrected chi connectivity index (χ1v) is 8.81. The maximum atomic E-state index is 11.9. The van der Waals surface area contributed by atoms with Gasteiger partial charge in [-0.25, -0.2) is 0 Å². The summed E-state index contributed by atoms with van der Waals surface area (Å²) in [6.07, 6.45) is 2.13. The molecule has 1 atom stereocenters. The second-order valence-corrected chi connectivity index (χ2v) is 6.38. The van der Waals surface area contributed by atoms with Gasteiger partial charge in [-0.3, -0.25) is 9.59 Å². The Morgan fingerprint density at radius 3 is 2.67 bits per heavy atom. The van der Waals surface area contributed by atoms with E-state index in [0.29, 0.717) is 13.2 Å². The van der Waals surface area contributed by atoms with Gasteiger partial charge in [0.2, 0.25) is 5.91 Å². The fourth-order valence-corrected chi connectivity index (χ4v) is 2.80. The molecule has 3 aromatic rings. The Balaban J connectivity index is 1.60. The normalized spacial score (nSPS) is 11.9. The van der Waals surface area contributed by atoms with Crippen LogP contribution in [0.3, 0.4) is 0 Å². The first kappa shape index (κ1) is 18.5. The molecule has 0 bridgehead atoms. The molecule has 1 aromatic heterocycles. The smallest absolute Gasteiger partial charge is 0.325 e. The highest BCUT2D eigenvalue weighted by molar-refractivity contribution is 5.84. The highest BCUT2D eigenvalue weighted by Crippen LogP contribution is 2.23. The van der Waals surface area contributed by atoms with Crippen LogP contribution in [0.5, 0.6) is 5.75 Å². The van der Waals surface area contributed by atoms with Crippen LogP contribution in [-0.4, -0.2) is 27.6 Å². The van der Waals surface area contributed by atoms with E-state index >= 15 is 0 Å². The van der Waals surface area contributed by atoms with Crippen LogP contribution >= 0.6 is 0 Å². The summed E-state index contributed by atoms with van der Waals surface area (Å²) in [5.41, 5.74) is 2.11. The molecule has 0 radical (unpaired) electrons. The fraction of sp³-hybridized carbons (Fsp3) is 0.238. The molecule has 2 N–H and O–H groups in total. The molecule has 3 rings (SSSR count). The van der Waals surface area contributed by atoms with Crippen LogP contribution in [0.15, 0.2) is 60.8 Å². The van der Waals surface area contributed by atoms with Crippen LogP contribution < -0.4 is 10.1 Å². The molecule has 1 heterocycles. The predicted octanol–water partition coefficient (Wildman–Crippen LogP) is 3.20. The lowest BCUT2D eigenvalue weighted by molar-refractivity contribution is -0.141. The van der Waals surface area contributed by atoms with E-state index in [4.69, 9.17) is 9.84 Å². The van der Waals surface area contributed by atoms with Gasteiger partial charge >= 0.3 is 5.97 Å². The van der Waals surface area contributed by atoms with Gasteiger partial charge in [-0.1, -0.05) is 30.3 Å². The Bertz CT molecular complexity index is 934. The van der Waals surface area contributed by atoms with Gasteiger partial charge < -0.3 is 19.7 Å². The van der Waals surface area contributed by atoms with E-state index in [1.165, 1.54) is 6.92 Å². The number of rotatable bonds is 8. The van der Waals surface area contributed by atoms with Crippen molar-refractivity contribution >= 4 is 22.8 Å². The van der Waals surface area contributed by atoms with E-state index < -0.39 is 12.0 Å². The highest BCUT2D eigenvalue weighted by Gasteiger charge is 2.14. The number of carboxylic acid groups (broad SMARTS) is 1. The number of aryl methyl sites for hydroxylation is 1. The standard InChI is InChI=1S/C21H22N2O4/c1-15(21(25)26)22-20(24)10-12-23-11-9-17-13-18(7-8-19(17)23)27-14-16-5-3-2-4-6-16/h2-9,11,13,15H,10,12,14H2,1H3,(H,22,24)(H,25,26). The first-order valence-electron chi connectivity index (χ1n) is 8.81. The van der Waals surface area contributed by atoms with Crippen LogP contribution in [0.2, 0.25) is 0 Å². The number of carbonyl (C=O) groups is 2. The third kappa shape index (κ3) is 4.88. The molecule has 140 valence electrons. The van der Waals surface area contributed by atoms with Crippen molar-refractivity contribution in [3.8, 4) is 5.75 Å². The number of fused-ring (bicyclic) bond motifs is 1. The van der Waals surface area contributed by atoms with Crippen molar-refractivity contribution in [3.63, 3.8) is 0 Å². The molecule has 1 unspecified atom stereocenters. The largest absolute Gasteiger partial charge is 0.489 e. The molecule has 2 aromatic carbocycles. The minimum absolute atomic E-state index is 0.216. The topological polar surface area (TPSA) is 80.6 Å². The van der Waals surface area contributed by atoms with Gasteiger partial charge in [-0.15, -0.1) is 0 Å². The van der Waals surface area contributed by atoms with Crippen LogP contribution in [0.1, 0.15) is 18.9 Å². The number of amides is 1. The number of hydrogen-bond acceptors (Lipinski definition) is 3. The lowest BCUT2D eigenvalue weighted by atomic mass is 10.2. The molecule has 0 aliphatic rings. The molecule has 0 spiro atoms. The van der Waals surface area contributed by atoms with E-state index in [1.807, 2.05) is 65.4 Å². The Labute approximate surface area is 157 Å². The number of aromatic nitrogens is 1. The van der Waals surface area contributed by atoms with Gasteiger partial charge in [0.1, 0.15) is 18.4 Å². The number of benzene rings is 2. The Hall–Kier alpha value is -3.28. The summed E-state index contributed by atoms with van der Waals surface area (Å²) < 4.78 is 7.82. The molecule has 1 amide bonds. The summed E-state index contributed by atoms with van der Waals surface area (Å²) in [5, 5.41) is 12.3. The monoisotopic (exact) mass is 366 g/mol. The number of ether oxygens (including phenoxy) is 1. The van der Waals surface area contributed by atoms with Crippen molar-refractivity contribution in [2.75, 3.05) is 0 Å². The average molecular weight is 366 g/mol. The Morgan fingerprint density at radius 2 is 1.93 bits per heavy atom. The number of carbonyl (C=O) groups excluding carboxylic acids is 1. The van der Waals surface area contributed by atoms with Gasteiger partial charge in [0.15, 0.2) is 0 Å². The van der Waals surface area contributed by atoms with E-state index in [2.05, 4.69) is 5.32 Å². The van der Waals surface area contributed by atoms with Crippen molar-refractivity contribution in [2.45, 2.75) is 32.5 Å². The zero-order chi connectivity index (χ0) is 19.2. The molecule has 0 fully saturated rings. The van der Waals surface area contributed by atoms with Gasteiger partial charge in [-0.2, -0.15) is 0 Å². The van der Waals surface area contributed by atoms with Crippen LogP contribution in [0.25, 0.3) is 10.9 Å². The SMILES string of the molecule is CC(NC(=O)CCn1ccc2cc(OCc3ccccc3)ccc21)C(=O)O. The molecule has 6 heteroatoms. The van der Waals surface area contributed by atoms with Crippen molar-refractivity contribution in [2.24, 2.45) is 0 Å². The van der Waals surface area contributed by atoms with E-state index in [0.717, 1.165) is 22.2 Å². The minimum atomic E-state index is -1.04. The molecular formula is C21H22N2O4. The van der Waals surface area contributed by atoms with Gasteiger partial charge in [-0.05, 0) is 36.8 Å². The lowest BCUT2D eigenvalue weighted by Crippen LogP contribution is -2.38. The van der Waals surface area contributed by atoms with Gasteiger partial charge in [0.05, 0.1) is 0 Å². The molecule has 0 saturated heterocycles. The number of carboxylic acids is 1. The Kier molecular flexibility index (Phi) is 5.76. The van der Waals surface area contributed by atoms with Crippen LogP contribution in [0.4, 0.5) is 0 Å². The summed E-state index contributed by atoms with van der Waals surface area (Å²) in [7, 11) is 0. The summed E-state index contributed by atoms with van der Waals surface area (Å²) in [6.45, 7) is 2.43. The lowest BCUT2D eigenvalue weighted by Gasteiger charge is -2.10. The molecule has 6 nitrogen and oxygen atoms in total. The van der Waals surface area contributed by atoms with Crippen molar-refractivity contribution in [3.05, 3.63) is 66.4 Å². The second kappa shape index (κ2) is 8.40. The average Bonchev–Trinajstić information content (AvgIpc) is 3.07. The van der Waals surface area contributed by atoms with Crippen LogP contribution in [-0.2, 0) is 22.7 Å². The molecule has 27 heavy (non-hydrogen) atoms. The van der Waals surface area contributed by atoms with Crippen LogP contribution in [0, 0.1) is 0 Å². The summed E-state index contributed by atoms with van der Waals surface area (Å²) in [6, 6.07) is 16.9. The third-order valence-corrected chi connectivity index (χ3v) is 4.32. The molecule has 0 aliphatic carbocycles. The zero-order valence-corrected chi connectivity index (χ0v) is 15.1. The van der Waals surface area contributed by atoms with E-state index in [-0.39, 0.29) is 12.3 Å². The zero-order valence-electron chi connectivity index (χ0n) is 15.1.